The van der Waals surface area contributed by atoms with E-state index in [1.54, 1.807) is 12.5 Å². The summed E-state index contributed by atoms with van der Waals surface area (Å²) in [6, 6.07) is 10.3. The molecule has 3 nitrogen and oxygen atoms in total. The van der Waals surface area contributed by atoms with E-state index in [2.05, 4.69) is 24.1 Å². The molecule has 1 aromatic carbocycles. The Morgan fingerprint density at radius 3 is 2.94 bits per heavy atom. The zero-order valence-corrected chi connectivity index (χ0v) is 10.5. The number of nitrogens with zero attached hydrogens (tertiary/aromatic N) is 1. The van der Waals surface area contributed by atoms with E-state index in [0.29, 0.717) is 0 Å². The Labute approximate surface area is 107 Å². The number of ether oxygens (including phenoxy) is 1. The Morgan fingerprint density at radius 2 is 2.17 bits per heavy atom. The molecule has 0 N–H and O–H groups in total. The second-order valence-electron chi connectivity index (χ2n) is 4.88. The molecule has 0 saturated heterocycles. The van der Waals surface area contributed by atoms with Crippen LogP contribution in [0.4, 0.5) is 0 Å². The quantitative estimate of drug-likeness (QED) is 0.825. The predicted molar refractivity (Wildman–Crippen MR) is 69.6 cm³/mol. The van der Waals surface area contributed by atoms with Crippen LogP contribution < -0.4 is 4.74 Å². The van der Waals surface area contributed by atoms with E-state index < -0.39 is 0 Å². The van der Waals surface area contributed by atoms with Crippen LogP contribution in [0.1, 0.15) is 11.1 Å². The highest BCUT2D eigenvalue weighted by molar-refractivity contribution is 5.37. The Hall–Kier alpha value is -1.74. The molecule has 1 aliphatic heterocycles. The van der Waals surface area contributed by atoms with E-state index in [1.807, 2.05) is 18.2 Å². The summed E-state index contributed by atoms with van der Waals surface area (Å²) < 4.78 is 11.0. The number of likely N-dealkylation sites (N-methyl/N-ethyl adjacent to an activating group) is 1. The third kappa shape index (κ3) is 2.41. The van der Waals surface area contributed by atoms with Crippen molar-refractivity contribution in [1.82, 2.24) is 4.90 Å². The first-order valence-electron chi connectivity index (χ1n) is 6.25. The number of para-hydroxylation sites is 1. The summed E-state index contributed by atoms with van der Waals surface area (Å²) >= 11 is 0. The molecule has 94 valence electrons. The predicted octanol–water partition coefficient (Wildman–Crippen LogP) is 2.72. The van der Waals surface area contributed by atoms with E-state index in [-0.39, 0.29) is 6.10 Å². The van der Waals surface area contributed by atoms with Crippen LogP contribution in [0.25, 0.3) is 0 Å². The molecule has 0 fully saturated rings. The van der Waals surface area contributed by atoms with Gasteiger partial charge < -0.3 is 9.15 Å². The molecule has 0 saturated carbocycles. The number of fused-ring (bicyclic) bond motifs is 1. The van der Waals surface area contributed by atoms with Crippen molar-refractivity contribution in [3.05, 3.63) is 54.0 Å². The molecule has 0 radical (unpaired) electrons. The van der Waals surface area contributed by atoms with Crippen LogP contribution in [0.3, 0.4) is 0 Å². The lowest BCUT2D eigenvalue weighted by atomic mass is 10.1. The van der Waals surface area contributed by atoms with Gasteiger partial charge in [-0.2, -0.15) is 0 Å². The molecule has 0 spiro atoms. The summed E-state index contributed by atoms with van der Waals surface area (Å²) in [6.45, 7) is 1.83. The Kier molecular flexibility index (Phi) is 3.07. The number of hydrogen-bond donors (Lipinski definition) is 0. The summed E-state index contributed by atoms with van der Waals surface area (Å²) in [5.41, 5.74) is 2.52. The second kappa shape index (κ2) is 4.86. The minimum atomic E-state index is 0.263. The minimum absolute atomic E-state index is 0.263. The van der Waals surface area contributed by atoms with Crippen molar-refractivity contribution >= 4 is 0 Å². The van der Waals surface area contributed by atoms with Crippen LogP contribution in [0.15, 0.2) is 47.3 Å². The van der Waals surface area contributed by atoms with Crippen LogP contribution >= 0.6 is 0 Å². The monoisotopic (exact) mass is 243 g/mol. The zero-order valence-electron chi connectivity index (χ0n) is 10.5. The highest BCUT2D eigenvalue weighted by atomic mass is 16.5. The SMILES string of the molecule is CN(Cc1ccoc1)C[C@@H]1Cc2ccccc2O1. The molecule has 3 heteroatoms. The average Bonchev–Trinajstić information content (AvgIpc) is 2.96. The van der Waals surface area contributed by atoms with E-state index in [4.69, 9.17) is 9.15 Å². The van der Waals surface area contributed by atoms with Gasteiger partial charge in [0.15, 0.2) is 0 Å². The first kappa shape index (κ1) is 11.4. The maximum atomic E-state index is 5.93. The summed E-state index contributed by atoms with van der Waals surface area (Å²) in [5.74, 6) is 1.04. The average molecular weight is 243 g/mol. The molecule has 0 unspecified atom stereocenters. The number of hydrogen-bond acceptors (Lipinski definition) is 3. The lowest BCUT2D eigenvalue weighted by molar-refractivity contribution is 0.165. The van der Waals surface area contributed by atoms with Crippen molar-refractivity contribution in [3.8, 4) is 5.75 Å². The van der Waals surface area contributed by atoms with Crippen LogP contribution in [0.2, 0.25) is 0 Å². The van der Waals surface area contributed by atoms with Gasteiger partial charge in [-0.15, -0.1) is 0 Å². The number of benzene rings is 1. The molecule has 2 heterocycles. The Morgan fingerprint density at radius 1 is 1.28 bits per heavy atom. The molecule has 1 aromatic heterocycles. The molecule has 0 amide bonds. The van der Waals surface area contributed by atoms with Crippen LogP contribution in [-0.2, 0) is 13.0 Å². The molecule has 2 aromatic rings. The van der Waals surface area contributed by atoms with Gasteiger partial charge in [0.25, 0.3) is 0 Å². The van der Waals surface area contributed by atoms with Crippen LogP contribution in [0.5, 0.6) is 5.75 Å². The number of furan rings is 1. The van der Waals surface area contributed by atoms with Gasteiger partial charge in [0.1, 0.15) is 11.9 Å². The molecule has 0 aliphatic carbocycles. The van der Waals surface area contributed by atoms with E-state index >= 15 is 0 Å². The van der Waals surface area contributed by atoms with Crippen LogP contribution in [-0.4, -0.2) is 24.6 Å². The third-order valence-electron chi connectivity index (χ3n) is 3.26. The summed E-state index contributed by atoms with van der Waals surface area (Å²) in [5, 5.41) is 0. The molecule has 1 atom stereocenters. The fourth-order valence-corrected chi connectivity index (χ4v) is 2.46. The van der Waals surface area contributed by atoms with Gasteiger partial charge >= 0.3 is 0 Å². The summed E-state index contributed by atoms with van der Waals surface area (Å²) in [4.78, 5) is 2.27. The second-order valence-corrected chi connectivity index (χ2v) is 4.88. The number of rotatable bonds is 4. The van der Waals surface area contributed by atoms with Gasteiger partial charge in [-0.3, -0.25) is 4.90 Å². The maximum absolute atomic E-state index is 5.93. The molecular weight excluding hydrogens is 226 g/mol. The van der Waals surface area contributed by atoms with Gasteiger partial charge in [0.2, 0.25) is 0 Å². The van der Waals surface area contributed by atoms with Crippen molar-refractivity contribution in [2.45, 2.75) is 19.1 Å². The van der Waals surface area contributed by atoms with Crippen molar-refractivity contribution in [2.75, 3.05) is 13.6 Å². The van der Waals surface area contributed by atoms with Crippen molar-refractivity contribution in [3.63, 3.8) is 0 Å². The van der Waals surface area contributed by atoms with Gasteiger partial charge in [-0.25, -0.2) is 0 Å². The Bertz CT molecular complexity index is 482. The van der Waals surface area contributed by atoms with Crippen molar-refractivity contribution in [2.24, 2.45) is 0 Å². The lowest BCUT2D eigenvalue weighted by Crippen LogP contribution is -2.31. The van der Waals surface area contributed by atoms with E-state index in [0.717, 1.165) is 25.3 Å². The summed E-state index contributed by atoms with van der Waals surface area (Å²) in [7, 11) is 2.11. The normalized spacial score (nSPS) is 17.8. The van der Waals surface area contributed by atoms with Gasteiger partial charge in [0.05, 0.1) is 12.5 Å². The lowest BCUT2D eigenvalue weighted by Gasteiger charge is -2.20. The fraction of sp³-hybridized carbons (Fsp3) is 0.333. The third-order valence-corrected chi connectivity index (χ3v) is 3.26. The smallest absolute Gasteiger partial charge is 0.123 e. The topological polar surface area (TPSA) is 25.6 Å². The first-order valence-corrected chi connectivity index (χ1v) is 6.25. The summed E-state index contributed by atoms with van der Waals surface area (Å²) in [6.07, 6.45) is 4.77. The van der Waals surface area contributed by atoms with Crippen molar-refractivity contribution in [1.29, 1.82) is 0 Å². The highest BCUT2D eigenvalue weighted by Gasteiger charge is 2.23. The zero-order chi connectivity index (χ0) is 12.4. The minimum Gasteiger partial charge on any atom is -0.488 e. The maximum Gasteiger partial charge on any atom is 0.123 e. The first-order chi connectivity index (χ1) is 8.81. The highest BCUT2D eigenvalue weighted by Crippen LogP contribution is 2.28. The molecule has 1 aliphatic rings. The molecule has 0 bridgehead atoms. The van der Waals surface area contributed by atoms with E-state index in [9.17, 15) is 0 Å². The molecular formula is C15H17NO2. The van der Waals surface area contributed by atoms with Gasteiger partial charge in [-0.05, 0) is 24.7 Å². The molecule has 18 heavy (non-hydrogen) atoms. The van der Waals surface area contributed by atoms with Crippen molar-refractivity contribution < 1.29 is 9.15 Å². The largest absolute Gasteiger partial charge is 0.488 e. The Balaban J connectivity index is 1.56. The fourth-order valence-electron chi connectivity index (χ4n) is 2.46. The van der Waals surface area contributed by atoms with Gasteiger partial charge in [-0.1, -0.05) is 18.2 Å². The standard InChI is InChI=1S/C15H17NO2/c1-16(9-12-6-7-17-11-12)10-14-8-13-4-2-3-5-15(13)18-14/h2-7,11,14H,8-10H2,1H3/t14-/m0/s1. The molecule has 3 rings (SSSR count). The van der Waals surface area contributed by atoms with E-state index in [1.165, 1.54) is 11.1 Å². The van der Waals surface area contributed by atoms with Gasteiger partial charge in [0, 0.05) is 25.1 Å². The van der Waals surface area contributed by atoms with Crippen LogP contribution in [0, 0.1) is 0 Å².